The first-order valence-electron chi connectivity index (χ1n) is 5.57. The van der Waals surface area contributed by atoms with E-state index in [4.69, 9.17) is 0 Å². The molecule has 6 heteroatoms. The number of nitrogens with two attached hydrogens (primary N) is 1. The highest BCUT2D eigenvalue weighted by Crippen LogP contribution is 2.07. The van der Waals surface area contributed by atoms with Crippen molar-refractivity contribution in [3.05, 3.63) is 33.9 Å². The highest BCUT2D eigenvalue weighted by molar-refractivity contribution is 7.98. The summed E-state index contributed by atoms with van der Waals surface area (Å²) < 4.78 is 0. The third-order valence-electron chi connectivity index (χ3n) is 2.73. The van der Waals surface area contributed by atoms with Crippen molar-refractivity contribution in [2.45, 2.75) is 24.7 Å². The summed E-state index contributed by atoms with van der Waals surface area (Å²) >= 11 is 1.44. The Kier molecular flexibility index (Phi) is 3.98. The van der Waals surface area contributed by atoms with Crippen LogP contribution in [0.2, 0.25) is 0 Å². The van der Waals surface area contributed by atoms with Gasteiger partial charge in [-0.15, -0.1) is 0 Å². The monoisotopic (exact) mass is 253 g/mol. The van der Waals surface area contributed by atoms with Gasteiger partial charge in [-0.1, -0.05) is 11.8 Å². The first-order valence-corrected chi connectivity index (χ1v) is 6.80. The van der Waals surface area contributed by atoms with Crippen LogP contribution < -0.4 is 16.2 Å². The molecule has 1 atom stereocenters. The third-order valence-corrected chi connectivity index (χ3v) is 3.33. The fourth-order valence-electron chi connectivity index (χ4n) is 1.70. The molecule has 0 saturated carbocycles. The van der Waals surface area contributed by atoms with Crippen molar-refractivity contribution in [3.63, 3.8) is 0 Å². The standard InChI is InChI=1S/C11H16N4OS/c1-7-12-4-8(5-13-7)3-9-6-14-11(17-2)15-10(9)16/h4,6-7,12-13H,3,5H2,1-2H3,(H,14,15,16)/p+1. The first-order chi connectivity index (χ1) is 8.19. The average molecular weight is 253 g/mol. The van der Waals surface area contributed by atoms with E-state index in [1.54, 1.807) is 6.20 Å². The maximum absolute atomic E-state index is 11.8. The topological polar surface area (TPSA) is 74.4 Å². The Bertz CT molecular complexity index is 483. The summed E-state index contributed by atoms with van der Waals surface area (Å²) in [4.78, 5) is 18.7. The van der Waals surface area contributed by atoms with Crippen molar-refractivity contribution in [2.75, 3.05) is 12.8 Å². The van der Waals surface area contributed by atoms with Crippen LogP contribution in [0.15, 0.2) is 27.9 Å². The molecule has 0 radical (unpaired) electrons. The lowest BCUT2D eigenvalue weighted by Gasteiger charge is -2.17. The van der Waals surface area contributed by atoms with Crippen molar-refractivity contribution in [3.8, 4) is 0 Å². The van der Waals surface area contributed by atoms with Crippen LogP contribution in [0.3, 0.4) is 0 Å². The summed E-state index contributed by atoms with van der Waals surface area (Å²) in [6.07, 6.45) is 6.73. The quantitative estimate of drug-likeness (QED) is 0.498. The van der Waals surface area contributed by atoms with E-state index < -0.39 is 0 Å². The smallest absolute Gasteiger partial charge is 0.255 e. The maximum atomic E-state index is 11.8. The molecule has 0 fully saturated rings. The summed E-state index contributed by atoms with van der Waals surface area (Å²) in [5, 5.41) is 6.10. The Hall–Kier alpha value is -1.11. The Morgan fingerprint density at radius 1 is 1.65 bits per heavy atom. The van der Waals surface area contributed by atoms with Crippen LogP contribution in [0.4, 0.5) is 0 Å². The summed E-state index contributed by atoms with van der Waals surface area (Å²) in [6, 6.07) is 0. The lowest BCUT2D eigenvalue weighted by molar-refractivity contribution is -0.632. The molecule has 0 bridgehead atoms. The van der Waals surface area contributed by atoms with Gasteiger partial charge >= 0.3 is 0 Å². The Morgan fingerprint density at radius 3 is 3.06 bits per heavy atom. The number of hydrogen-bond acceptors (Lipinski definition) is 4. The van der Waals surface area contributed by atoms with Crippen LogP contribution in [0.5, 0.6) is 0 Å². The molecule has 1 aromatic heterocycles. The number of hydrogen-bond donors (Lipinski definition) is 3. The number of aromatic amines is 1. The van der Waals surface area contributed by atoms with E-state index in [2.05, 4.69) is 33.7 Å². The molecule has 92 valence electrons. The number of thioether (sulfide) groups is 1. The molecule has 1 aliphatic heterocycles. The van der Waals surface area contributed by atoms with Crippen molar-refractivity contribution in [1.82, 2.24) is 15.3 Å². The summed E-state index contributed by atoms with van der Waals surface area (Å²) in [7, 11) is 0. The molecule has 17 heavy (non-hydrogen) atoms. The molecule has 0 aliphatic carbocycles. The van der Waals surface area contributed by atoms with Gasteiger partial charge in [-0.3, -0.25) is 10.1 Å². The summed E-state index contributed by atoms with van der Waals surface area (Å²) in [6.45, 7) is 2.94. The molecule has 0 aromatic carbocycles. The molecule has 1 aliphatic rings. The van der Waals surface area contributed by atoms with Gasteiger partial charge in [0, 0.05) is 37.2 Å². The maximum Gasteiger partial charge on any atom is 0.255 e. The number of aromatic nitrogens is 2. The lowest BCUT2D eigenvalue weighted by atomic mass is 10.1. The Labute approximate surface area is 104 Å². The molecule has 2 rings (SSSR count). The molecule has 1 aromatic rings. The van der Waals surface area contributed by atoms with E-state index in [0.717, 1.165) is 12.1 Å². The van der Waals surface area contributed by atoms with Crippen molar-refractivity contribution < 1.29 is 5.32 Å². The molecule has 2 heterocycles. The SMILES string of the molecule is CSc1ncc(CC2=C[NH2+]C(C)NC2)c(=O)[nH]1. The molecule has 0 saturated heterocycles. The van der Waals surface area contributed by atoms with Crippen molar-refractivity contribution in [1.29, 1.82) is 0 Å². The normalized spacial score (nSPS) is 20.1. The molecular formula is C11H17N4OS+. The van der Waals surface area contributed by atoms with Crippen LogP contribution in [-0.4, -0.2) is 28.9 Å². The van der Waals surface area contributed by atoms with Crippen LogP contribution in [0.25, 0.3) is 0 Å². The second kappa shape index (κ2) is 5.48. The predicted molar refractivity (Wildman–Crippen MR) is 67.8 cm³/mol. The van der Waals surface area contributed by atoms with Gasteiger partial charge in [0.05, 0.1) is 6.20 Å². The van der Waals surface area contributed by atoms with Gasteiger partial charge in [0.15, 0.2) is 5.16 Å². The van der Waals surface area contributed by atoms with Gasteiger partial charge in [-0.2, -0.15) is 0 Å². The molecule has 1 unspecified atom stereocenters. The van der Waals surface area contributed by atoms with Crippen LogP contribution >= 0.6 is 11.8 Å². The van der Waals surface area contributed by atoms with Crippen LogP contribution in [0, 0.1) is 0 Å². The zero-order chi connectivity index (χ0) is 12.3. The molecule has 5 nitrogen and oxygen atoms in total. The van der Waals surface area contributed by atoms with Crippen LogP contribution in [-0.2, 0) is 6.42 Å². The molecule has 4 N–H and O–H groups in total. The van der Waals surface area contributed by atoms with Crippen molar-refractivity contribution >= 4 is 11.8 Å². The van der Waals surface area contributed by atoms with E-state index in [1.165, 1.54) is 17.3 Å². The number of H-pyrrole nitrogens is 1. The number of nitrogens with one attached hydrogen (secondary N) is 2. The number of rotatable bonds is 3. The fraction of sp³-hybridized carbons (Fsp3) is 0.455. The zero-order valence-corrected chi connectivity index (χ0v) is 10.8. The van der Waals surface area contributed by atoms with Gasteiger partial charge < -0.3 is 10.3 Å². The molecule has 0 amide bonds. The number of nitrogens with zero attached hydrogens (tertiary/aromatic N) is 1. The van der Waals surface area contributed by atoms with Gasteiger partial charge in [-0.05, 0) is 6.26 Å². The number of quaternary nitrogens is 1. The minimum absolute atomic E-state index is 0.0381. The largest absolute Gasteiger partial charge is 0.305 e. The Balaban J connectivity index is 2.11. The highest BCUT2D eigenvalue weighted by atomic mass is 32.2. The van der Waals surface area contributed by atoms with Gasteiger partial charge in [-0.25, -0.2) is 4.98 Å². The van der Waals surface area contributed by atoms with Gasteiger partial charge in [0.1, 0.15) is 6.17 Å². The van der Waals surface area contributed by atoms with E-state index in [1.807, 2.05) is 6.26 Å². The minimum atomic E-state index is -0.0381. The third kappa shape index (κ3) is 3.18. The van der Waals surface area contributed by atoms with Crippen molar-refractivity contribution in [2.24, 2.45) is 0 Å². The minimum Gasteiger partial charge on any atom is -0.305 e. The van der Waals surface area contributed by atoms with Gasteiger partial charge in [0.25, 0.3) is 5.56 Å². The van der Waals surface area contributed by atoms with Crippen LogP contribution in [0.1, 0.15) is 12.5 Å². The van der Waals surface area contributed by atoms with E-state index in [0.29, 0.717) is 17.7 Å². The Morgan fingerprint density at radius 2 is 2.47 bits per heavy atom. The summed E-state index contributed by atoms with van der Waals surface area (Å²) in [5.41, 5.74) is 1.90. The second-order valence-corrected chi connectivity index (χ2v) is 4.91. The molecule has 0 spiro atoms. The van der Waals surface area contributed by atoms with E-state index in [-0.39, 0.29) is 5.56 Å². The average Bonchev–Trinajstić information content (AvgIpc) is 2.34. The van der Waals surface area contributed by atoms with E-state index in [9.17, 15) is 4.79 Å². The molecular weight excluding hydrogens is 236 g/mol. The van der Waals surface area contributed by atoms with E-state index >= 15 is 0 Å². The van der Waals surface area contributed by atoms with Gasteiger partial charge in [0.2, 0.25) is 0 Å². The highest BCUT2D eigenvalue weighted by Gasteiger charge is 2.13. The predicted octanol–water partition coefficient (Wildman–Crippen LogP) is -0.569. The zero-order valence-electron chi connectivity index (χ0n) is 9.99. The lowest BCUT2D eigenvalue weighted by Crippen LogP contribution is -2.89. The fourth-order valence-corrected chi connectivity index (χ4v) is 2.05. The second-order valence-electron chi connectivity index (χ2n) is 4.11. The summed E-state index contributed by atoms with van der Waals surface area (Å²) in [5.74, 6) is 0. The first kappa shape index (κ1) is 12.3.